The van der Waals surface area contributed by atoms with E-state index in [-0.39, 0.29) is 0 Å². The summed E-state index contributed by atoms with van der Waals surface area (Å²) >= 11 is 1.71. The van der Waals surface area contributed by atoms with Crippen molar-refractivity contribution in [1.82, 2.24) is 9.97 Å². The summed E-state index contributed by atoms with van der Waals surface area (Å²) in [6, 6.07) is 12.3. The van der Waals surface area contributed by atoms with Gasteiger partial charge in [-0.1, -0.05) is 6.07 Å². The number of rotatable bonds is 3. The number of aromatic amines is 1. The minimum atomic E-state index is 0.904. The number of hydrogen-bond donors (Lipinski definition) is 2. The van der Waals surface area contributed by atoms with Crippen LogP contribution >= 0.6 is 11.3 Å². The van der Waals surface area contributed by atoms with Crippen LogP contribution in [0.1, 0.15) is 0 Å². The van der Waals surface area contributed by atoms with E-state index in [0.29, 0.717) is 0 Å². The zero-order valence-corrected chi connectivity index (χ0v) is 10.8. The van der Waals surface area contributed by atoms with E-state index < -0.39 is 0 Å². The van der Waals surface area contributed by atoms with Crippen LogP contribution in [0.5, 0.6) is 0 Å². The molecule has 0 radical (unpaired) electrons. The van der Waals surface area contributed by atoms with E-state index in [1.165, 1.54) is 4.88 Å². The minimum Gasteiger partial charge on any atom is -0.388 e. The van der Waals surface area contributed by atoms with Crippen molar-refractivity contribution in [1.29, 1.82) is 0 Å². The summed E-state index contributed by atoms with van der Waals surface area (Å²) in [6.07, 6.45) is 1.88. The Morgan fingerprint density at radius 2 is 2.00 bits per heavy atom. The van der Waals surface area contributed by atoms with Crippen molar-refractivity contribution in [3.8, 4) is 22.0 Å². The predicted molar refractivity (Wildman–Crippen MR) is 76.9 cm³/mol. The second-order valence-corrected chi connectivity index (χ2v) is 4.90. The highest BCUT2D eigenvalue weighted by molar-refractivity contribution is 7.13. The summed E-state index contributed by atoms with van der Waals surface area (Å²) in [5.74, 6) is 0.904. The summed E-state index contributed by atoms with van der Waals surface area (Å²) < 4.78 is 0. The number of aromatic nitrogens is 2. The SMILES string of the molecule is CNc1ccc(-c2ncc(-c3cccs3)[nH]2)cc1. The smallest absolute Gasteiger partial charge is 0.137 e. The van der Waals surface area contributed by atoms with Gasteiger partial charge in [0.15, 0.2) is 0 Å². The molecular weight excluding hydrogens is 242 g/mol. The van der Waals surface area contributed by atoms with Gasteiger partial charge in [0.05, 0.1) is 16.8 Å². The molecule has 3 rings (SSSR count). The topological polar surface area (TPSA) is 40.7 Å². The van der Waals surface area contributed by atoms with Crippen LogP contribution in [0.4, 0.5) is 5.69 Å². The Morgan fingerprint density at radius 1 is 1.17 bits per heavy atom. The van der Waals surface area contributed by atoms with Gasteiger partial charge in [-0.15, -0.1) is 11.3 Å². The van der Waals surface area contributed by atoms with Gasteiger partial charge in [0.25, 0.3) is 0 Å². The van der Waals surface area contributed by atoms with E-state index >= 15 is 0 Å². The van der Waals surface area contributed by atoms with Crippen molar-refractivity contribution >= 4 is 17.0 Å². The summed E-state index contributed by atoms with van der Waals surface area (Å²) in [5.41, 5.74) is 3.26. The van der Waals surface area contributed by atoms with Gasteiger partial charge in [-0.2, -0.15) is 0 Å². The molecule has 3 nitrogen and oxygen atoms in total. The fraction of sp³-hybridized carbons (Fsp3) is 0.0714. The monoisotopic (exact) mass is 255 g/mol. The molecule has 90 valence electrons. The van der Waals surface area contributed by atoms with Crippen molar-refractivity contribution in [3.63, 3.8) is 0 Å². The third kappa shape index (κ3) is 2.02. The van der Waals surface area contributed by atoms with E-state index in [9.17, 15) is 0 Å². The molecule has 0 aliphatic heterocycles. The van der Waals surface area contributed by atoms with E-state index in [0.717, 1.165) is 22.8 Å². The van der Waals surface area contributed by atoms with Gasteiger partial charge in [-0.3, -0.25) is 0 Å². The molecule has 2 N–H and O–H groups in total. The molecule has 0 saturated heterocycles. The highest BCUT2D eigenvalue weighted by atomic mass is 32.1. The van der Waals surface area contributed by atoms with Gasteiger partial charge < -0.3 is 10.3 Å². The summed E-state index contributed by atoms with van der Waals surface area (Å²) in [6.45, 7) is 0. The Labute approximate surface area is 110 Å². The van der Waals surface area contributed by atoms with Gasteiger partial charge in [0.2, 0.25) is 0 Å². The molecule has 0 spiro atoms. The number of H-pyrrole nitrogens is 1. The zero-order valence-electron chi connectivity index (χ0n) is 9.97. The van der Waals surface area contributed by atoms with Crippen molar-refractivity contribution in [2.75, 3.05) is 12.4 Å². The van der Waals surface area contributed by atoms with E-state index in [2.05, 4.69) is 38.9 Å². The van der Waals surface area contributed by atoms with Crippen molar-refractivity contribution in [2.24, 2.45) is 0 Å². The van der Waals surface area contributed by atoms with E-state index in [1.54, 1.807) is 11.3 Å². The van der Waals surface area contributed by atoms with Gasteiger partial charge in [-0.25, -0.2) is 4.98 Å². The quantitative estimate of drug-likeness (QED) is 0.746. The molecule has 0 aliphatic rings. The molecule has 0 bridgehead atoms. The Hall–Kier alpha value is -2.07. The normalized spacial score (nSPS) is 10.5. The lowest BCUT2D eigenvalue weighted by atomic mass is 10.2. The number of anilines is 1. The maximum atomic E-state index is 4.43. The van der Waals surface area contributed by atoms with Crippen LogP contribution < -0.4 is 5.32 Å². The minimum absolute atomic E-state index is 0.904. The third-order valence-corrected chi connectivity index (χ3v) is 3.71. The average Bonchev–Trinajstić information content (AvgIpc) is 3.09. The molecule has 2 aromatic heterocycles. The third-order valence-electron chi connectivity index (χ3n) is 2.81. The molecule has 0 unspecified atom stereocenters. The van der Waals surface area contributed by atoms with Crippen molar-refractivity contribution in [3.05, 3.63) is 48.0 Å². The molecule has 2 heterocycles. The molecule has 1 aromatic carbocycles. The Balaban J connectivity index is 1.92. The van der Waals surface area contributed by atoms with E-state index in [4.69, 9.17) is 0 Å². The first-order chi connectivity index (χ1) is 8.86. The zero-order chi connectivity index (χ0) is 12.4. The first-order valence-electron chi connectivity index (χ1n) is 5.74. The van der Waals surface area contributed by atoms with Crippen LogP contribution in [-0.2, 0) is 0 Å². The van der Waals surface area contributed by atoms with Crippen LogP contribution in [0.2, 0.25) is 0 Å². The van der Waals surface area contributed by atoms with Crippen LogP contribution in [-0.4, -0.2) is 17.0 Å². The second-order valence-electron chi connectivity index (χ2n) is 3.95. The Morgan fingerprint density at radius 3 is 2.67 bits per heavy atom. The molecule has 0 amide bonds. The van der Waals surface area contributed by atoms with E-state index in [1.807, 2.05) is 31.4 Å². The first kappa shape index (κ1) is 11.0. The average molecular weight is 255 g/mol. The number of imidazole rings is 1. The molecule has 0 saturated carbocycles. The summed E-state index contributed by atoms with van der Waals surface area (Å²) in [5, 5.41) is 5.17. The number of nitrogens with one attached hydrogen (secondary N) is 2. The van der Waals surface area contributed by atoms with Crippen molar-refractivity contribution < 1.29 is 0 Å². The van der Waals surface area contributed by atoms with Gasteiger partial charge >= 0.3 is 0 Å². The largest absolute Gasteiger partial charge is 0.388 e. The van der Waals surface area contributed by atoms with Crippen LogP contribution in [0, 0.1) is 0 Å². The maximum absolute atomic E-state index is 4.43. The summed E-state index contributed by atoms with van der Waals surface area (Å²) in [4.78, 5) is 8.99. The lowest BCUT2D eigenvalue weighted by Gasteiger charge is -2.00. The number of nitrogens with zero attached hydrogens (tertiary/aromatic N) is 1. The van der Waals surface area contributed by atoms with Crippen LogP contribution in [0.15, 0.2) is 48.0 Å². The number of benzene rings is 1. The predicted octanol–water partition coefficient (Wildman–Crippen LogP) is 3.85. The highest BCUT2D eigenvalue weighted by Gasteiger charge is 2.05. The van der Waals surface area contributed by atoms with Crippen molar-refractivity contribution in [2.45, 2.75) is 0 Å². The lowest BCUT2D eigenvalue weighted by molar-refractivity contribution is 1.31. The maximum Gasteiger partial charge on any atom is 0.137 e. The van der Waals surface area contributed by atoms with Gasteiger partial charge in [0, 0.05) is 18.3 Å². The molecule has 4 heteroatoms. The number of thiophene rings is 1. The van der Waals surface area contributed by atoms with Crippen LogP contribution in [0.25, 0.3) is 22.0 Å². The first-order valence-corrected chi connectivity index (χ1v) is 6.62. The standard InChI is InChI=1S/C14H13N3S/c1-15-11-6-4-10(5-7-11)14-16-9-12(17-14)13-3-2-8-18-13/h2-9,15H,1H3,(H,16,17). The fourth-order valence-corrected chi connectivity index (χ4v) is 2.51. The van der Waals surface area contributed by atoms with Gasteiger partial charge in [-0.05, 0) is 35.7 Å². The molecule has 0 fully saturated rings. The fourth-order valence-electron chi connectivity index (χ4n) is 1.82. The highest BCUT2D eigenvalue weighted by Crippen LogP contribution is 2.26. The second kappa shape index (κ2) is 4.66. The molecule has 3 aromatic rings. The number of hydrogen-bond acceptors (Lipinski definition) is 3. The Bertz CT molecular complexity index is 623. The van der Waals surface area contributed by atoms with Crippen LogP contribution in [0.3, 0.4) is 0 Å². The molecule has 0 atom stereocenters. The Kier molecular flexibility index (Phi) is 2.86. The summed E-state index contributed by atoms with van der Waals surface area (Å²) in [7, 11) is 1.91. The lowest BCUT2D eigenvalue weighted by Crippen LogP contribution is -1.87. The molecule has 18 heavy (non-hydrogen) atoms. The van der Waals surface area contributed by atoms with Gasteiger partial charge in [0.1, 0.15) is 5.82 Å². The molecule has 0 aliphatic carbocycles. The molecular formula is C14H13N3S.